The average Bonchev–Trinajstić information content (AvgIpc) is 2.89. The Morgan fingerprint density at radius 3 is 3.06 bits per heavy atom. The lowest BCUT2D eigenvalue weighted by molar-refractivity contribution is 0.248. The van der Waals surface area contributed by atoms with Crippen LogP contribution in [0.4, 0.5) is 0 Å². The minimum atomic E-state index is 0.527. The standard InChI is InChI=1S/C14H23N3S/c1-17-8-4-5-11(9-17)13-10-18-14(16-13)12-6-2-3-7-15-12/h10-12,15H,2-9H2,1H3. The molecule has 3 rings (SSSR count). The number of likely N-dealkylation sites (N-methyl/N-ethyl adjacent to an activating group) is 1. The molecule has 1 N–H and O–H groups in total. The monoisotopic (exact) mass is 265 g/mol. The molecule has 0 amide bonds. The molecule has 0 spiro atoms. The van der Waals surface area contributed by atoms with Gasteiger partial charge >= 0.3 is 0 Å². The topological polar surface area (TPSA) is 28.2 Å². The van der Waals surface area contributed by atoms with Gasteiger partial charge < -0.3 is 10.2 Å². The molecule has 0 saturated carbocycles. The van der Waals surface area contributed by atoms with Gasteiger partial charge in [0.25, 0.3) is 0 Å². The summed E-state index contributed by atoms with van der Waals surface area (Å²) >= 11 is 1.86. The molecule has 18 heavy (non-hydrogen) atoms. The molecule has 2 aliphatic rings. The molecule has 1 aromatic heterocycles. The fourth-order valence-corrected chi connectivity index (χ4v) is 4.13. The number of thiazole rings is 1. The minimum absolute atomic E-state index is 0.527. The minimum Gasteiger partial charge on any atom is -0.308 e. The van der Waals surface area contributed by atoms with Crippen LogP contribution in [0.3, 0.4) is 0 Å². The molecule has 2 saturated heterocycles. The summed E-state index contributed by atoms with van der Waals surface area (Å²) in [5, 5.41) is 7.22. The van der Waals surface area contributed by atoms with Crippen LogP contribution in [-0.4, -0.2) is 36.6 Å². The maximum Gasteiger partial charge on any atom is 0.110 e. The normalized spacial score (nSPS) is 30.5. The fourth-order valence-electron chi connectivity index (χ4n) is 3.12. The van der Waals surface area contributed by atoms with E-state index < -0.39 is 0 Å². The van der Waals surface area contributed by atoms with E-state index >= 15 is 0 Å². The maximum atomic E-state index is 4.92. The van der Waals surface area contributed by atoms with Crippen LogP contribution in [0.1, 0.15) is 54.8 Å². The van der Waals surface area contributed by atoms with Gasteiger partial charge in [-0.1, -0.05) is 6.42 Å². The van der Waals surface area contributed by atoms with E-state index in [9.17, 15) is 0 Å². The number of aromatic nitrogens is 1. The molecular weight excluding hydrogens is 242 g/mol. The molecule has 2 aliphatic heterocycles. The molecule has 0 bridgehead atoms. The average molecular weight is 265 g/mol. The molecule has 2 unspecified atom stereocenters. The second-order valence-corrected chi connectivity index (χ2v) is 6.60. The molecule has 0 aliphatic carbocycles. The highest BCUT2D eigenvalue weighted by Crippen LogP contribution is 2.31. The summed E-state index contributed by atoms with van der Waals surface area (Å²) in [6.07, 6.45) is 6.56. The number of rotatable bonds is 2. The van der Waals surface area contributed by atoms with Gasteiger partial charge in [-0.2, -0.15) is 0 Å². The van der Waals surface area contributed by atoms with Gasteiger partial charge in [-0.3, -0.25) is 0 Å². The van der Waals surface area contributed by atoms with E-state index in [1.807, 2.05) is 11.3 Å². The van der Waals surface area contributed by atoms with Crippen LogP contribution < -0.4 is 5.32 Å². The molecule has 2 fully saturated rings. The van der Waals surface area contributed by atoms with E-state index in [4.69, 9.17) is 4.98 Å². The summed E-state index contributed by atoms with van der Waals surface area (Å²) < 4.78 is 0. The molecule has 0 radical (unpaired) electrons. The Labute approximate surface area is 114 Å². The Kier molecular flexibility index (Phi) is 3.97. The van der Waals surface area contributed by atoms with Crippen LogP contribution in [0.2, 0.25) is 0 Å². The number of piperidine rings is 2. The van der Waals surface area contributed by atoms with E-state index in [-0.39, 0.29) is 0 Å². The molecule has 3 nitrogen and oxygen atoms in total. The molecule has 3 heterocycles. The summed E-state index contributed by atoms with van der Waals surface area (Å²) in [5.41, 5.74) is 1.34. The van der Waals surface area contributed by atoms with Crippen molar-refractivity contribution in [3.05, 3.63) is 16.1 Å². The van der Waals surface area contributed by atoms with E-state index in [1.165, 1.54) is 55.9 Å². The lowest BCUT2D eigenvalue weighted by atomic mass is 9.96. The van der Waals surface area contributed by atoms with Crippen molar-refractivity contribution >= 4 is 11.3 Å². The number of hydrogen-bond acceptors (Lipinski definition) is 4. The SMILES string of the molecule is CN1CCCC(c2csc(C3CCCCN3)n2)C1. The summed E-state index contributed by atoms with van der Waals surface area (Å²) in [6, 6.07) is 0.527. The highest BCUT2D eigenvalue weighted by Gasteiger charge is 2.23. The third-order valence-electron chi connectivity index (χ3n) is 4.19. The Morgan fingerprint density at radius 1 is 1.33 bits per heavy atom. The summed E-state index contributed by atoms with van der Waals surface area (Å²) in [6.45, 7) is 3.59. The van der Waals surface area contributed by atoms with Gasteiger partial charge in [0.05, 0.1) is 11.7 Å². The molecule has 100 valence electrons. The maximum absolute atomic E-state index is 4.92. The van der Waals surface area contributed by atoms with Crippen LogP contribution in [0.25, 0.3) is 0 Å². The second-order valence-electron chi connectivity index (χ2n) is 5.71. The highest BCUT2D eigenvalue weighted by molar-refractivity contribution is 7.09. The van der Waals surface area contributed by atoms with Crippen LogP contribution in [0.5, 0.6) is 0 Å². The zero-order valence-electron chi connectivity index (χ0n) is 11.2. The van der Waals surface area contributed by atoms with Gasteiger partial charge in [-0.15, -0.1) is 11.3 Å². The van der Waals surface area contributed by atoms with Crippen molar-refractivity contribution in [2.24, 2.45) is 0 Å². The number of hydrogen-bond donors (Lipinski definition) is 1. The van der Waals surface area contributed by atoms with Crippen molar-refractivity contribution in [2.75, 3.05) is 26.7 Å². The summed E-state index contributed by atoms with van der Waals surface area (Å²) in [5.74, 6) is 0.664. The van der Waals surface area contributed by atoms with Gasteiger partial charge in [-0.25, -0.2) is 4.98 Å². The smallest absolute Gasteiger partial charge is 0.110 e. The van der Waals surface area contributed by atoms with Crippen molar-refractivity contribution in [1.82, 2.24) is 15.2 Å². The summed E-state index contributed by atoms with van der Waals surface area (Å²) in [7, 11) is 2.22. The van der Waals surface area contributed by atoms with Gasteiger partial charge in [0.2, 0.25) is 0 Å². The number of nitrogens with zero attached hydrogens (tertiary/aromatic N) is 2. The molecule has 1 aromatic rings. The van der Waals surface area contributed by atoms with E-state index in [0.29, 0.717) is 12.0 Å². The Hall–Kier alpha value is -0.450. The Balaban J connectivity index is 1.68. The first-order chi connectivity index (χ1) is 8.83. The third kappa shape index (κ3) is 2.76. The highest BCUT2D eigenvalue weighted by atomic mass is 32.1. The lowest BCUT2D eigenvalue weighted by Gasteiger charge is -2.28. The van der Waals surface area contributed by atoms with Gasteiger partial charge in [0.15, 0.2) is 0 Å². The van der Waals surface area contributed by atoms with Crippen LogP contribution in [-0.2, 0) is 0 Å². The van der Waals surface area contributed by atoms with Gasteiger partial charge in [0, 0.05) is 17.8 Å². The Morgan fingerprint density at radius 2 is 2.28 bits per heavy atom. The first kappa shape index (κ1) is 12.6. The first-order valence-electron chi connectivity index (χ1n) is 7.20. The molecule has 0 aromatic carbocycles. The quantitative estimate of drug-likeness (QED) is 0.891. The summed E-state index contributed by atoms with van der Waals surface area (Å²) in [4.78, 5) is 7.36. The van der Waals surface area contributed by atoms with Crippen LogP contribution in [0, 0.1) is 0 Å². The molecule has 4 heteroatoms. The molecular formula is C14H23N3S. The van der Waals surface area contributed by atoms with Crippen LogP contribution in [0.15, 0.2) is 5.38 Å². The van der Waals surface area contributed by atoms with E-state index in [2.05, 4.69) is 22.6 Å². The third-order valence-corrected chi connectivity index (χ3v) is 5.17. The van der Waals surface area contributed by atoms with Gasteiger partial charge in [0.1, 0.15) is 5.01 Å². The van der Waals surface area contributed by atoms with Crippen molar-refractivity contribution in [3.8, 4) is 0 Å². The zero-order chi connectivity index (χ0) is 12.4. The predicted molar refractivity (Wildman–Crippen MR) is 76.2 cm³/mol. The van der Waals surface area contributed by atoms with Crippen molar-refractivity contribution in [3.63, 3.8) is 0 Å². The van der Waals surface area contributed by atoms with Crippen molar-refractivity contribution < 1.29 is 0 Å². The van der Waals surface area contributed by atoms with Crippen molar-refractivity contribution in [1.29, 1.82) is 0 Å². The first-order valence-corrected chi connectivity index (χ1v) is 8.08. The number of likely N-dealkylation sites (tertiary alicyclic amines) is 1. The van der Waals surface area contributed by atoms with E-state index in [0.717, 1.165) is 6.54 Å². The lowest BCUT2D eigenvalue weighted by Crippen LogP contribution is -2.31. The second kappa shape index (κ2) is 5.68. The van der Waals surface area contributed by atoms with Crippen LogP contribution >= 0.6 is 11.3 Å². The fraction of sp³-hybridized carbons (Fsp3) is 0.786. The largest absolute Gasteiger partial charge is 0.308 e. The zero-order valence-corrected chi connectivity index (χ0v) is 12.0. The van der Waals surface area contributed by atoms with Crippen molar-refractivity contribution in [2.45, 2.75) is 44.1 Å². The molecule has 2 atom stereocenters. The Bertz CT molecular complexity index is 384. The number of nitrogens with one attached hydrogen (secondary N) is 1. The predicted octanol–water partition coefficient (Wildman–Crippen LogP) is 2.77. The van der Waals surface area contributed by atoms with E-state index in [1.54, 1.807) is 0 Å². The van der Waals surface area contributed by atoms with Gasteiger partial charge in [-0.05, 0) is 45.8 Å².